The molecule has 0 radical (unpaired) electrons. The fraction of sp³-hybridized carbons (Fsp3) is 1.00. The van der Waals surface area contributed by atoms with E-state index in [0.29, 0.717) is 0 Å². The maximum absolute atomic E-state index is 10.1. The molecule has 0 unspecified atom stereocenters. The lowest BCUT2D eigenvalue weighted by Crippen LogP contribution is -2.08. The molecule has 2 N–H and O–H groups in total. The highest BCUT2D eigenvalue weighted by Gasteiger charge is 2.07. The minimum absolute atomic E-state index is 0. The molecule has 0 atom stereocenters. The maximum Gasteiger partial charge on any atom is 0.264 e. The van der Waals surface area contributed by atoms with Crippen molar-refractivity contribution in [3.63, 3.8) is 0 Å². The first-order chi connectivity index (χ1) is 5.21. The van der Waals surface area contributed by atoms with E-state index in [4.69, 9.17) is 9.11 Å². The fourth-order valence-electron chi connectivity index (χ4n) is 0.569. The number of halogens is 1. The van der Waals surface area contributed by atoms with E-state index in [-0.39, 0.29) is 25.2 Å². The van der Waals surface area contributed by atoms with Crippen LogP contribution in [-0.2, 0) is 20.2 Å². The molecule has 0 aromatic carbocycles. The van der Waals surface area contributed by atoms with Crippen LogP contribution in [0.15, 0.2) is 0 Å². The van der Waals surface area contributed by atoms with Crippen LogP contribution in [0.3, 0.4) is 0 Å². The Morgan fingerprint density at radius 2 is 1.00 bits per heavy atom. The molecule has 0 fully saturated rings. The lowest BCUT2D eigenvalue weighted by atomic mass is 10.4. The van der Waals surface area contributed by atoms with E-state index in [1.54, 1.807) is 0 Å². The van der Waals surface area contributed by atoms with Crippen molar-refractivity contribution in [2.75, 3.05) is 11.5 Å². The lowest BCUT2D eigenvalue weighted by molar-refractivity contribution is 0.473. The van der Waals surface area contributed by atoms with Crippen molar-refractivity contribution < 1.29 is 25.9 Å². The van der Waals surface area contributed by atoms with Crippen LogP contribution in [0.25, 0.3) is 0 Å². The average Bonchev–Trinajstić information content (AvgIpc) is 1.76. The van der Waals surface area contributed by atoms with Crippen LogP contribution in [-0.4, -0.2) is 37.4 Å². The normalized spacial score (nSPS) is 12.2. The molecule has 0 bridgehead atoms. The first-order valence-corrected chi connectivity index (χ1v) is 6.33. The molecule has 9 heteroatoms. The Morgan fingerprint density at radius 3 is 1.15 bits per heavy atom. The van der Waals surface area contributed by atoms with Crippen LogP contribution in [0.1, 0.15) is 12.8 Å². The molecule has 82 valence electrons. The smallest absolute Gasteiger partial charge is 0.264 e. The summed E-state index contributed by atoms with van der Waals surface area (Å²) in [5.41, 5.74) is 0. The minimum atomic E-state index is -4.02. The highest BCUT2D eigenvalue weighted by atomic mass is 35.5. The zero-order valence-electron chi connectivity index (χ0n) is 6.58. The summed E-state index contributed by atoms with van der Waals surface area (Å²) in [5.74, 6) is -0.967. The van der Waals surface area contributed by atoms with Gasteiger partial charge in [-0.3, -0.25) is 9.11 Å². The molecule has 0 saturated carbocycles. The van der Waals surface area contributed by atoms with E-state index in [0.717, 1.165) is 0 Å². The number of unbranched alkanes of at least 4 members (excludes halogenated alkanes) is 1. The molecule has 6 nitrogen and oxygen atoms in total. The quantitative estimate of drug-likeness (QED) is 0.527. The Hall–Kier alpha value is 0.110. The van der Waals surface area contributed by atoms with E-state index in [1.165, 1.54) is 0 Å². The predicted octanol–water partition coefficient (Wildman–Crippen LogP) is -0.0360. The van der Waals surface area contributed by atoms with Gasteiger partial charge in [-0.2, -0.15) is 16.8 Å². The Bertz CT molecular complexity index is 283. The summed E-state index contributed by atoms with van der Waals surface area (Å²) in [7, 11) is -8.04. The number of hydrogen-bond donors (Lipinski definition) is 2. The minimum Gasteiger partial charge on any atom is -0.286 e. The van der Waals surface area contributed by atoms with Crippen molar-refractivity contribution in [2.45, 2.75) is 12.8 Å². The second-order valence-corrected chi connectivity index (χ2v) is 5.42. The molecule has 0 aromatic heterocycles. The zero-order chi connectivity index (χ0) is 9.83. The van der Waals surface area contributed by atoms with Crippen LogP contribution >= 0.6 is 12.4 Å². The van der Waals surface area contributed by atoms with Crippen molar-refractivity contribution in [3.05, 3.63) is 0 Å². The average molecular weight is 255 g/mol. The lowest BCUT2D eigenvalue weighted by Gasteiger charge is -1.96. The Morgan fingerprint density at radius 1 is 0.769 bits per heavy atom. The fourth-order valence-corrected chi connectivity index (χ4v) is 1.71. The third-order valence-corrected chi connectivity index (χ3v) is 2.66. The number of hydrogen-bond acceptors (Lipinski definition) is 4. The molecule has 0 aromatic rings. The van der Waals surface area contributed by atoms with Gasteiger partial charge in [0.2, 0.25) is 0 Å². The molecule has 0 aliphatic carbocycles. The van der Waals surface area contributed by atoms with Crippen LogP contribution in [0.4, 0.5) is 0 Å². The van der Waals surface area contributed by atoms with Gasteiger partial charge < -0.3 is 0 Å². The maximum atomic E-state index is 10.1. The standard InChI is InChI=1S/C4H10O6S2.ClH/c5-11(6,7)3-1-2-4-12(8,9)10;/h1-4H2,(H,5,6,7)(H,8,9,10);1H. The van der Waals surface area contributed by atoms with Gasteiger partial charge in [0.05, 0.1) is 11.5 Å². The van der Waals surface area contributed by atoms with Gasteiger partial charge in [0.15, 0.2) is 0 Å². The summed E-state index contributed by atoms with van der Waals surface area (Å²) in [5, 5.41) is 0. The Balaban J connectivity index is 0. The van der Waals surface area contributed by atoms with Crippen molar-refractivity contribution in [1.82, 2.24) is 0 Å². The first-order valence-electron chi connectivity index (χ1n) is 3.11. The molecule has 0 aliphatic heterocycles. The highest BCUT2D eigenvalue weighted by molar-refractivity contribution is 7.86. The summed E-state index contributed by atoms with van der Waals surface area (Å²) in [6.07, 6.45) is 0.0250. The van der Waals surface area contributed by atoms with Gasteiger partial charge >= 0.3 is 0 Å². The van der Waals surface area contributed by atoms with Crippen molar-refractivity contribution in [2.24, 2.45) is 0 Å². The van der Waals surface area contributed by atoms with E-state index in [1.807, 2.05) is 0 Å². The molecular weight excluding hydrogens is 244 g/mol. The largest absolute Gasteiger partial charge is 0.286 e. The molecule has 0 saturated heterocycles. The molecule has 0 amide bonds. The van der Waals surface area contributed by atoms with Gasteiger partial charge in [0.25, 0.3) is 20.2 Å². The molecule has 0 aliphatic rings. The van der Waals surface area contributed by atoms with Crippen LogP contribution < -0.4 is 0 Å². The monoisotopic (exact) mass is 254 g/mol. The van der Waals surface area contributed by atoms with Gasteiger partial charge in [0, 0.05) is 0 Å². The van der Waals surface area contributed by atoms with Gasteiger partial charge in [-0.25, -0.2) is 0 Å². The summed E-state index contributed by atoms with van der Waals surface area (Å²) >= 11 is 0. The highest BCUT2D eigenvalue weighted by Crippen LogP contribution is 1.96. The zero-order valence-corrected chi connectivity index (χ0v) is 9.03. The Labute approximate surface area is 83.2 Å². The van der Waals surface area contributed by atoms with Crippen LogP contribution in [0, 0.1) is 0 Å². The SMILES string of the molecule is Cl.O=S(=O)(O)CCCCS(=O)(=O)O. The van der Waals surface area contributed by atoms with Crippen molar-refractivity contribution in [1.29, 1.82) is 0 Å². The van der Waals surface area contributed by atoms with E-state index in [2.05, 4.69) is 0 Å². The summed E-state index contributed by atoms with van der Waals surface area (Å²) < 4.78 is 56.8. The van der Waals surface area contributed by atoms with E-state index in [9.17, 15) is 16.8 Å². The third kappa shape index (κ3) is 14.9. The van der Waals surface area contributed by atoms with Crippen LogP contribution in [0.2, 0.25) is 0 Å². The summed E-state index contributed by atoms with van der Waals surface area (Å²) in [6, 6.07) is 0. The Kier molecular flexibility index (Phi) is 6.90. The van der Waals surface area contributed by atoms with Gasteiger partial charge in [-0.15, -0.1) is 12.4 Å². The van der Waals surface area contributed by atoms with Crippen LogP contribution in [0.5, 0.6) is 0 Å². The van der Waals surface area contributed by atoms with Gasteiger partial charge in [-0.05, 0) is 12.8 Å². The summed E-state index contributed by atoms with van der Waals surface area (Å²) in [6.45, 7) is 0. The van der Waals surface area contributed by atoms with Crippen molar-refractivity contribution in [3.8, 4) is 0 Å². The second-order valence-electron chi connectivity index (χ2n) is 2.28. The molecule has 0 spiro atoms. The topological polar surface area (TPSA) is 109 Å². The van der Waals surface area contributed by atoms with E-state index >= 15 is 0 Å². The van der Waals surface area contributed by atoms with E-state index < -0.39 is 31.7 Å². The van der Waals surface area contributed by atoms with Gasteiger partial charge in [0.1, 0.15) is 0 Å². The van der Waals surface area contributed by atoms with Crippen molar-refractivity contribution >= 4 is 32.6 Å². The van der Waals surface area contributed by atoms with Gasteiger partial charge in [-0.1, -0.05) is 0 Å². The molecule has 13 heavy (non-hydrogen) atoms. The predicted molar refractivity (Wildman–Crippen MR) is 49.3 cm³/mol. The number of rotatable bonds is 5. The first kappa shape index (κ1) is 15.6. The molecule has 0 heterocycles. The third-order valence-electron chi connectivity index (χ3n) is 1.05. The second kappa shape index (κ2) is 5.76. The summed E-state index contributed by atoms with van der Waals surface area (Å²) in [4.78, 5) is 0. The molecule has 0 rings (SSSR count). The molecular formula is C4H11ClO6S2.